The molecule has 0 fully saturated rings. The van der Waals surface area contributed by atoms with Crippen LogP contribution in [0.1, 0.15) is 106 Å². The van der Waals surface area contributed by atoms with Crippen LogP contribution in [0.5, 0.6) is 0 Å². The molecule has 0 atom stereocenters. The van der Waals surface area contributed by atoms with Gasteiger partial charge in [0, 0.05) is 0 Å². The SMILES string of the molecule is CC(C)(C)CCCCCCOP(Cl)OCCCCCCC(C)(C)C. The molecule has 0 N–H and O–H groups in total. The van der Waals surface area contributed by atoms with Crippen LogP contribution in [-0.2, 0) is 9.05 Å². The smallest absolute Gasteiger partial charge is 0.276 e. The molecule has 0 radical (unpaired) electrons. The molecule has 0 heterocycles. The molecule has 0 saturated carbocycles. The van der Waals surface area contributed by atoms with Crippen molar-refractivity contribution in [3.05, 3.63) is 0 Å². The van der Waals surface area contributed by atoms with Crippen molar-refractivity contribution in [3.8, 4) is 0 Å². The molecule has 0 saturated heterocycles. The molecule has 2 nitrogen and oxygen atoms in total. The van der Waals surface area contributed by atoms with Crippen molar-refractivity contribution in [2.75, 3.05) is 13.2 Å². The number of hydrogen-bond donors (Lipinski definition) is 0. The van der Waals surface area contributed by atoms with Crippen LogP contribution in [0.25, 0.3) is 0 Å². The van der Waals surface area contributed by atoms with E-state index in [4.69, 9.17) is 20.3 Å². The summed E-state index contributed by atoms with van der Waals surface area (Å²) >= 11 is 6.10. The fourth-order valence-electron chi connectivity index (χ4n) is 2.53. The minimum Gasteiger partial charge on any atom is -0.322 e. The van der Waals surface area contributed by atoms with Gasteiger partial charge in [0.15, 0.2) is 0 Å². The van der Waals surface area contributed by atoms with Crippen LogP contribution in [0.2, 0.25) is 0 Å². The highest BCUT2D eigenvalue weighted by molar-refractivity contribution is 7.76. The molecule has 0 unspecified atom stereocenters. The molecule has 0 aromatic heterocycles. The zero-order chi connectivity index (χ0) is 18.5. The van der Waals surface area contributed by atoms with Crippen LogP contribution in [-0.4, -0.2) is 13.2 Å². The van der Waals surface area contributed by atoms with Gasteiger partial charge in [-0.25, -0.2) is 0 Å². The Labute approximate surface area is 158 Å². The zero-order valence-electron chi connectivity index (χ0n) is 17.1. The van der Waals surface area contributed by atoms with E-state index in [0.29, 0.717) is 10.8 Å². The molecule has 4 heteroatoms. The third-order valence-electron chi connectivity index (χ3n) is 4.03. The second-order valence-corrected chi connectivity index (χ2v) is 11.1. The van der Waals surface area contributed by atoms with Crippen LogP contribution in [0, 0.1) is 10.8 Å². The van der Waals surface area contributed by atoms with Crippen LogP contribution in [0.4, 0.5) is 0 Å². The van der Waals surface area contributed by atoms with E-state index in [1.54, 1.807) is 0 Å². The first-order valence-corrected chi connectivity index (χ1v) is 11.9. The third-order valence-corrected chi connectivity index (χ3v) is 5.38. The molecule has 0 spiro atoms. The highest BCUT2D eigenvalue weighted by Crippen LogP contribution is 2.44. The third kappa shape index (κ3) is 20.7. The van der Waals surface area contributed by atoms with Gasteiger partial charge in [-0.3, -0.25) is 0 Å². The van der Waals surface area contributed by atoms with E-state index in [0.717, 1.165) is 26.1 Å². The van der Waals surface area contributed by atoms with E-state index in [-0.39, 0.29) is 0 Å². The maximum Gasteiger partial charge on any atom is 0.276 e. The summed E-state index contributed by atoms with van der Waals surface area (Å²) in [6, 6.07) is 0. The summed E-state index contributed by atoms with van der Waals surface area (Å²) in [5.41, 5.74) is 0.920. The Morgan fingerprint density at radius 2 is 0.917 bits per heavy atom. The van der Waals surface area contributed by atoms with Gasteiger partial charge in [0.05, 0.1) is 13.2 Å². The number of hydrogen-bond acceptors (Lipinski definition) is 2. The Morgan fingerprint density at radius 1 is 0.583 bits per heavy atom. The van der Waals surface area contributed by atoms with Gasteiger partial charge in [-0.15, -0.1) is 0 Å². The molecule has 0 amide bonds. The molecule has 0 aliphatic heterocycles. The second-order valence-electron chi connectivity index (χ2n) is 9.33. The molecule has 0 aliphatic rings. The minimum absolute atomic E-state index is 0.460. The summed E-state index contributed by atoms with van der Waals surface area (Å²) in [5.74, 6) is 0. The average molecular weight is 381 g/mol. The Hall–Kier alpha value is 0.640. The number of unbranched alkanes of at least 4 members (excludes halogenated alkanes) is 6. The summed E-state index contributed by atoms with van der Waals surface area (Å²) in [5, 5.41) is 0. The molecule has 0 bridgehead atoms. The predicted molar refractivity (Wildman–Crippen MR) is 110 cm³/mol. The summed E-state index contributed by atoms with van der Waals surface area (Å²) in [6.45, 7) is 15.3. The quantitative estimate of drug-likeness (QED) is 0.222. The van der Waals surface area contributed by atoms with Crippen molar-refractivity contribution < 1.29 is 9.05 Å². The van der Waals surface area contributed by atoms with Crippen molar-refractivity contribution >= 4 is 19.0 Å². The topological polar surface area (TPSA) is 18.5 Å². The fraction of sp³-hybridized carbons (Fsp3) is 1.00. The lowest BCUT2D eigenvalue weighted by Gasteiger charge is -2.17. The predicted octanol–water partition coefficient (Wildman–Crippen LogP) is 8.48. The standard InChI is InChI=1S/C20H42ClO2P/c1-19(2,3)15-11-7-9-13-17-22-24(21)23-18-14-10-8-12-16-20(4,5)6/h7-18H2,1-6H3. The van der Waals surface area contributed by atoms with Gasteiger partial charge in [0.2, 0.25) is 0 Å². The van der Waals surface area contributed by atoms with E-state index < -0.39 is 7.73 Å². The van der Waals surface area contributed by atoms with Gasteiger partial charge < -0.3 is 9.05 Å². The maximum absolute atomic E-state index is 6.10. The number of rotatable bonds is 14. The first-order chi connectivity index (χ1) is 11.1. The monoisotopic (exact) mass is 380 g/mol. The zero-order valence-corrected chi connectivity index (χ0v) is 18.8. The van der Waals surface area contributed by atoms with E-state index >= 15 is 0 Å². The van der Waals surface area contributed by atoms with E-state index in [1.165, 1.54) is 51.4 Å². The highest BCUT2D eigenvalue weighted by atomic mass is 35.7. The first kappa shape index (κ1) is 24.6. The summed E-state index contributed by atoms with van der Waals surface area (Å²) in [4.78, 5) is 0. The van der Waals surface area contributed by atoms with Gasteiger partial charge in [0.1, 0.15) is 0 Å². The summed E-state index contributed by atoms with van der Waals surface area (Å²) in [6.07, 6.45) is 12.4. The van der Waals surface area contributed by atoms with Crippen molar-refractivity contribution in [3.63, 3.8) is 0 Å². The lowest BCUT2D eigenvalue weighted by Crippen LogP contribution is -2.04. The lowest BCUT2D eigenvalue weighted by molar-refractivity contribution is 0.249. The average Bonchev–Trinajstić information content (AvgIpc) is 2.43. The number of halogens is 1. The summed E-state index contributed by atoms with van der Waals surface area (Å²) < 4.78 is 11.1. The second kappa shape index (κ2) is 13.8. The maximum atomic E-state index is 6.10. The van der Waals surface area contributed by atoms with E-state index in [9.17, 15) is 0 Å². The minimum atomic E-state index is -1.19. The fourth-order valence-corrected chi connectivity index (χ4v) is 3.57. The van der Waals surface area contributed by atoms with Gasteiger partial charge >= 0.3 is 0 Å². The Kier molecular flexibility index (Phi) is 14.2. The molecule has 0 aromatic carbocycles. The Balaban J connectivity index is 3.28. The van der Waals surface area contributed by atoms with Crippen molar-refractivity contribution in [2.45, 2.75) is 106 Å². The largest absolute Gasteiger partial charge is 0.322 e. The van der Waals surface area contributed by atoms with Gasteiger partial charge in [-0.05, 0) is 47.8 Å². The molecule has 0 aliphatic carbocycles. The van der Waals surface area contributed by atoms with Crippen LogP contribution >= 0.6 is 19.0 Å². The normalized spacial score (nSPS) is 13.0. The molecule has 24 heavy (non-hydrogen) atoms. The molecular weight excluding hydrogens is 339 g/mol. The van der Waals surface area contributed by atoms with Crippen LogP contribution < -0.4 is 0 Å². The molecule has 146 valence electrons. The Morgan fingerprint density at radius 3 is 1.25 bits per heavy atom. The van der Waals surface area contributed by atoms with E-state index in [2.05, 4.69) is 41.5 Å². The molecule has 0 rings (SSSR count). The van der Waals surface area contributed by atoms with Crippen LogP contribution in [0.3, 0.4) is 0 Å². The lowest BCUT2D eigenvalue weighted by atomic mass is 9.89. The van der Waals surface area contributed by atoms with Crippen molar-refractivity contribution in [2.24, 2.45) is 10.8 Å². The van der Waals surface area contributed by atoms with Gasteiger partial charge in [-0.1, -0.05) is 80.1 Å². The van der Waals surface area contributed by atoms with Gasteiger partial charge in [-0.2, -0.15) is 0 Å². The first-order valence-electron chi connectivity index (χ1n) is 9.82. The van der Waals surface area contributed by atoms with Gasteiger partial charge in [0.25, 0.3) is 7.73 Å². The summed E-state index contributed by atoms with van der Waals surface area (Å²) in [7, 11) is -1.19. The van der Waals surface area contributed by atoms with E-state index in [1.807, 2.05) is 0 Å². The molecule has 0 aromatic rings. The van der Waals surface area contributed by atoms with Crippen molar-refractivity contribution in [1.29, 1.82) is 0 Å². The highest BCUT2D eigenvalue weighted by Gasteiger charge is 2.10. The Bertz CT molecular complexity index is 256. The van der Waals surface area contributed by atoms with Crippen LogP contribution in [0.15, 0.2) is 0 Å². The van der Waals surface area contributed by atoms with Crippen molar-refractivity contribution in [1.82, 2.24) is 0 Å². The molecular formula is C20H42ClO2P.